The van der Waals surface area contributed by atoms with E-state index in [1.807, 2.05) is 6.07 Å². The summed E-state index contributed by atoms with van der Waals surface area (Å²) < 4.78 is 7.71. The van der Waals surface area contributed by atoms with Crippen LogP contribution in [0.4, 0.5) is 27.1 Å². The number of carbonyl (C=O) groups excluding carboxylic acids is 1. The molecule has 7 nitrogen and oxygen atoms in total. The number of hydrogen-bond donors (Lipinski definition) is 2. The van der Waals surface area contributed by atoms with Crippen LogP contribution in [0.15, 0.2) is 70.9 Å². The Labute approximate surface area is 245 Å². The zero-order valence-corrected chi connectivity index (χ0v) is 25.2. The molecule has 0 saturated heterocycles. The van der Waals surface area contributed by atoms with Crippen molar-refractivity contribution in [3.63, 3.8) is 0 Å². The average Bonchev–Trinajstić information content (AvgIpc) is 3.54. The van der Waals surface area contributed by atoms with E-state index in [0.29, 0.717) is 17.9 Å². The van der Waals surface area contributed by atoms with Crippen LogP contribution in [0.25, 0.3) is 9.40 Å². The first kappa shape index (κ1) is 29.6. The summed E-state index contributed by atoms with van der Waals surface area (Å²) in [5.74, 6) is -0.286. The number of unbranched alkanes of at least 4 members (excludes halogenated alkanes) is 5. The van der Waals surface area contributed by atoms with E-state index in [4.69, 9.17) is 4.74 Å². The first-order valence-electron chi connectivity index (χ1n) is 14.2. The van der Waals surface area contributed by atoms with Gasteiger partial charge in [-0.3, -0.25) is 5.43 Å². The van der Waals surface area contributed by atoms with Gasteiger partial charge in [-0.2, -0.15) is 0 Å². The van der Waals surface area contributed by atoms with Gasteiger partial charge in [0.2, 0.25) is 0 Å². The Balaban J connectivity index is 1.24. The van der Waals surface area contributed by atoms with Crippen LogP contribution >= 0.6 is 22.7 Å². The minimum Gasteiger partial charge on any atom is -0.462 e. The predicted octanol–water partition coefficient (Wildman–Crippen LogP) is 10.2. The number of nitrogens with zero attached hydrogens (tertiary/aromatic N) is 3. The van der Waals surface area contributed by atoms with Crippen molar-refractivity contribution in [3.8, 4) is 0 Å². The molecule has 0 bridgehead atoms. The Morgan fingerprint density at radius 3 is 2.20 bits per heavy atom. The van der Waals surface area contributed by atoms with Crippen molar-refractivity contribution >= 4 is 65.1 Å². The third kappa shape index (κ3) is 8.53. The largest absolute Gasteiger partial charge is 0.462 e. The van der Waals surface area contributed by atoms with E-state index < -0.39 is 0 Å². The molecular formula is C31H39N5O2S2. The van der Waals surface area contributed by atoms with E-state index in [1.54, 1.807) is 46.9 Å². The lowest BCUT2D eigenvalue weighted by molar-refractivity contribution is 0.0497. The number of benzene rings is 2. The second-order valence-corrected chi connectivity index (χ2v) is 11.7. The number of rotatable bonds is 16. The smallest absolute Gasteiger partial charge is 0.338 e. The van der Waals surface area contributed by atoms with Gasteiger partial charge in [-0.15, -0.1) is 32.9 Å². The maximum Gasteiger partial charge on any atom is 0.338 e. The number of anilines is 3. The number of azo groups is 1. The lowest BCUT2D eigenvalue weighted by Gasteiger charge is -2.21. The molecule has 2 aromatic carbocycles. The molecule has 0 amide bonds. The molecule has 0 aliphatic rings. The number of fused-ring (bicyclic) bond motifs is 1. The molecule has 2 heterocycles. The molecule has 4 aromatic rings. The van der Waals surface area contributed by atoms with Crippen molar-refractivity contribution < 1.29 is 9.53 Å². The quantitative estimate of drug-likeness (QED) is 0.0599. The zero-order valence-electron chi connectivity index (χ0n) is 23.6. The molecule has 9 heteroatoms. The van der Waals surface area contributed by atoms with Crippen molar-refractivity contribution in [2.24, 2.45) is 10.2 Å². The Morgan fingerprint density at radius 2 is 1.50 bits per heavy atom. The average molecular weight is 578 g/mol. The Morgan fingerprint density at radius 1 is 0.800 bits per heavy atom. The minimum atomic E-state index is -0.286. The van der Waals surface area contributed by atoms with Gasteiger partial charge in [-0.1, -0.05) is 39.0 Å². The molecule has 0 aliphatic carbocycles. The fourth-order valence-electron chi connectivity index (χ4n) is 4.31. The third-order valence-electron chi connectivity index (χ3n) is 6.62. The second-order valence-electron chi connectivity index (χ2n) is 9.54. The normalized spacial score (nSPS) is 11.3. The highest BCUT2D eigenvalue weighted by Gasteiger charge is 2.09. The van der Waals surface area contributed by atoms with Crippen LogP contribution in [0.3, 0.4) is 0 Å². The summed E-state index contributed by atoms with van der Waals surface area (Å²) in [6.07, 6.45) is 6.99. The molecule has 0 radical (unpaired) electrons. The Kier molecular flexibility index (Phi) is 11.4. The SMILES string of the molecule is CCCCCCCCOC(=O)c1ccc(N=Nc2cc3sc(NNc4ccc(N(CC)CC)cc4)cc3s2)cc1. The highest BCUT2D eigenvalue weighted by Crippen LogP contribution is 2.40. The van der Waals surface area contributed by atoms with Crippen LogP contribution in [0, 0.1) is 0 Å². The van der Waals surface area contributed by atoms with Crippen LogP contribution in [0.5, 0.6) is 0 Å². The number of carbonyl (C=O) groups is 1. The molecule has 4 rings (SSSR count). The van der Waals surface area contributed by atoms with E-state index in [0.717, 1.165) is 51.0 Å². The van der Waals surface area contributed by atoms with E-state index in [-0.39, 0.29) is 5.97 Å². The summed E-state index contributed by atoms with van der Waals surface area (Å²) in [6, 6.07) is 19.7. The molecule has 0 fully saturated rings. The third-order valence-corrected chi connectivity index (χ3v) is 8.71. The van der Waals surface area contributed by atoms with Gasteiger partial charge < -0.3 is 15.1 Å². The predicted molar refractivity (Wildman–Crippen MR) is 171 cm³/mol. The highest BCUT2D eigenvalue weighted by molar-refractivity contribution is 7.31. The first-order valence-corrected chi connectivity index (χ1v) is 15.8. The highest BCUT2D eigenvalue weighted by atomic mass is 32.1. The number of nitrogens with one attached hydrogen (secondary N) is 2. The maximum absolute atomic E-state index is 12.3. The van der Waals surface area contributed by atoms with Gasteiger partial charge in [0.25, 0.3) is 0 Å². The Bertz CT molecular complexity index is 1330. The van der Waals surface area contributed by atoms with Gasteiger partial charge in [0.05, 0.1) is 23.5 Å². The summed E-state index contributed by atoms with van der Waals surface area (Å²) in [4.78, 5) is 14.6. The minimum absolute atomic E-state index is 0.286. The summed E-state index contributed by atoms with van der Waals surface area (Å²) in [5, 5.41) is 10.6. The van der Waals surface area contributed by atoms with Crippen molar-refractivity contribution in [3.05, 3.63) is 66.2 Å². The van der Waals surface area contributed by atoms with Crippen molar-refractivity contribution in [1.82, 2.24) is 0 Å². The number of hydrogen-bond acceptors (Lipinski definition) is 9. The second kappa shape index (κ2) is 15.4. The summed E-state index contributed by atoms with van der Waals surface area (Å²) in [7, 11) is 0. The fourth-order valence-corrected chi connectivity index (χ4v) is 6.38. The standard InChI is InChI=1S/C31H39N5O2S2/c1-4-7-8-9-10-11-20-38-31(37)23-12-14-24(15-13-23)32-34-29-21-27-28(39-29)22-30(40-27)35-33-25-16-18-26(19-17-25)36(5-2)6-3/h12-19,21-22,33,35H,4-11,20H2,1-3H3. The van der Waals surface area contributed by atoms with Crippen LogP contribution < -0.4 is 15.8 Å². The molecule has 0 saturated carbocycles. The van der Waals surface area contributed by atoms with Crippen LogP contribution in [0.1, 0.15) is 69.7 Å². The topological polar surface area (TPSA) is 78.3 Å². The number of ether oxygens (including phenoxy) is 1. The van der Waals surface area contributed by atoms with Gasteiger partial charge in [-0.25, -0.2) is 4.79 Å². The molecule has 0 unspecified atom stereocenters. The lowest BCUT2D eigenvalue weighted by Crippen LogP contribution is -2.21. The monoisotopic (exact) mass is 577 g/mol. The van der Waals surface area contributed by atoms with E-state index in [1.165, 1.54) is 31.4 Å². The van der Waals surface area contributed by atoms with Crippen molar-refractivity contribution in [2.75, 3.05) is 35.4 Å². The number of hydrazine groups is 1. The number of thiophene rings is 2. The molecule has 0 aliphatic heterocycles. The molecule has 0 spiro atoms. The molecule has 40 heavy (non-hydrogen) atoms. The Hall–Kier alpha value is -3.43. The molecular weight excluding hydrogens is 539 g/mol. The number of esters is 1. The van der Waals surface area contributed by atoms with Gasteiger partial charge in [0.15, 0.2) is 0 Å². The summed E-state index contributed by atoms with van der Waals surface area (Å²) >= 11 is 3.26. The van der Waals surface area contributed by atoms with Gasteiger partial charge in [-0.05, 0) is 80.9 Å². The fraction of sp³-hybridized carbons (Fsp3) is 0.387. The van der Waals surface area contributed by atoms with Crippen LogP contribution in [-0.2, 0) is 4.74 Å². The van der Waals surface area contributed by atoms with Gasteiger partial charge in [0.1, 0.15) is 10.0 Å². The lowest BCUT2D eigenvalue weighted by atomic mass is 10.1. The van der Waals surface area contributed by atoms with Crippen LogP contribution in [0.2, 0.25) is 0 Å². The van der Waals surface area contributed by atoms with Crippen molar-refractivity contribution in [2.45, 2.75) is 59.3 Å². The van der Waals surface area contributed by atoms with Gasteiger partial charge >= 0.3 is 5.97 Å². The molecule has 2 aromatic heterocycles. The molecule has 212 valence electrons. The molecule has 2 N–H and O–H groups in total. The molecule has 0 atom stereocenters. The summed E-state index contributed by atoms with van der Waals surface area (Å²) in [6.45, 7) is 9.01. The van der Waals surface area contributed by atoms with E-state index >= 15 is 0 Å². The summed E-state index contributed by atoms with van der Waals surface area (Å²) in [5.41, 5.74) is 10.1. The van der Waals surface area contributed by atoms with Gasteiger partial charge in [0, 0.05) is 28.2 Å². The first-order chi connectivity index (χ1) is 19.6. The maximum atomic E-state index is 12.3. The van der Waals surface area contributed by atoms with Crippen molar-refractivity contribution in [1.29, 1.82) is 0 Å². The van der Waals surface area contributed by atoms with Crippen LogP contribution in [-0.4, -0.2) is 25.7 Å². The van der Waals surface area contributed by atoms with E-state index in [9.17, 15) is 4.79 Å². The zero-order chi connectivity index (χ0) is 28.2. The van der Waals surface area contributed by atoms with E-state index in [2.05, 4.69) is 77.1 Å².